The number of carbonyl (C=O) groups is 1. The zero-order valence-electron chi connectivity index (χ0n) is 11.5. The second-order valence-corrected chi connectivity index (χ2v) is 5.09. The second-order valence-electron chi connectivity index (χ2n) is 5.09. The predicted molar refractivity (Wildman–Crippen MR) is 76.5 cm³/mol. The number of hydrogen-bond donors (Lipinski definition) is 2. The van der Waals surface area contributed by atoms with Gasteiger partial charge in [-0.1, -0.05) is 0 Å². The molecule has 1 amide bonds. The van der Waals surface area contributed by atoms with E-state index in [2.05, 4.69) is 6.07 Å². The van der Waals surface area contributed by atoms with Gasteiger partial charge in [-0.3, -0.25) is 4.79 Å². The van der Waals surface area contributed by atoms with Crippen molar-refractivity contribution in [1.82, 2.24) is 0 Å². The van der Waals surface area contributed by atoms with E-state index in [4.69, 9.17) is 10.8 Å². The molecule has 5 heteroatoms. The van der Waals surface area contributed by atoms with Gasteiger partial charge in [-0.25, -0.2) is 0 Å². The summed E-state index contributed by atoms with van der Waals surface area (Å²) in [6.45, 7) is 0.580. The highest BCUT2D eigenvalue weighted by Crippen LogP contribution is 2.30. The van der Waals surface area contributed by atoms with Crippen LogP contribution in [0.2, 0.25) is 0 Å². The van der Waals surface area contributed by atoms with Gasteiger partial charge in [0.1, 0.15) is 0 Å². The van der Waals surface area contributed by atoms with Crippen molar-refractivity contribution < 1.29 is 9.90 Å². The van der Waals surface area contributed by atoms with Gasteiger partial charge < -0.3 is 20.6 Å². The Morgan fingerprint density at radius 2 is 2.21 bits per heavy atom. The quantitative estimate of drug-likeness (QED) is 0.822. The molecule has 0 aliphatic carbocycles. The Hall–Kier alpha value is -1.59. The topological polar surface area (TPSA) is 69.8 Å². The fourth-order valence-electron chi connectivity index (χ4n) is 2.40. The maximum atomic E-state index is 11.6. The highest BCUT2D eigenvalue weighted by atomic mass is 16.3. The standard InChI is InChI=1S/C14H21N3O2/c1-16(8-11(15)9-18)12-4-5-13-10(7-12)3-6-14(19)17(13)2/h4-5,7,11,18H,3,6,8-9,15H2,1-2H3. The molecule has 1 atom stereocenters. The number of hydrogen-bond acceptors (Lipinski definition) is 4. The highest BCUT2D eigenvalue weighted by Gasteiger charge is 2.21. The normalized spacial score (nSPS) is 16.2. The van der Waals surface area contributed by atoms with E-state index in [-0.39, 0.29) is 18.6 Å². The van der Waals surface area contributed by atoms with Crippen LogP contribution < -0.4 is 15.5 Å². The lowest BCUT2D eigenvalue weighted by molar-refractivity contribution is -0.118. The molecule has 0 fully saturated rings. The molecule has 0 saturated heterocycles. The van der Waals surface area contributed by atoms with Crippen LogP contribution in [0.1, 0.15) is 12.0 Å². The Kier molecular flexibility index (Phi) is 4.07. The smallest absolute Gasteiger partial charge is 0.227 e. The molecular formula is C14H21N3O2. The maximum absolute atomic E-state index is 11.6. The Labute approximate surface area is 113 Å². The first-order valence-electron chi connectivity index (χ1n) is 6.50. The molecule has 5 nitrogen and oxygen atoms in total. The van der Waals surface area contributed by atoms with E-state index in [0.29, 0.717) is 13.0 Å². The van der Waals surface area contributed by atoms with Gasteiger partial charge in [0.25, 0.3) is 0 Å². The molecule has 0 bridgehead atoms. The molecule has 104 valence electrons. The number of fused-ring (bicyclic) bond motifs is 1. The van der Waals surface area contributed by atoms with Gasteiger partial charge in [-0.2, -0.15) is 0 Å². The van der Waals surface area contributed by atoms with Gasteiger partial charge in [0.15, 0.2) is 0 Å². The van der Waals surface area contributed by atoms with E-state index in [1.165, 1.54) is 5.56 Å². The van der Waals surface area contributed by atoms with Crippen molar-refractivity contribution in [3.8, 4) is 0 Å². The first kappa shape index (κ1) is 13.8. The summed E-state index contributed by atoms with van der Waals surface area (Å²) >= 11 is 0. The van der Waals surface area contributed by atoms with Crippen LogP contribution in [0.25, 0.3) is 0 Å². The van der Waals surface area contributed by atoms with Crippen molar-refractivity contribution >= 4 is 17.3 Å². The summed E-state index contributed by atoms with van der Waals surface area (Å²) in [7, 11) is 3.76. The molecule has 1 aromatic rings. The fourth-order valence-corrected chi connectivity index (χ4v) is 2.40. The number of likely N-dealkylation sites (N-methyl/N-ethyl adjacent to an activating group) is 1. The van der Waals surface area contributed by atoms with Gasteiger partial charge in [0.05, 0.1) is 6.61 Å². The molecule has 3 N–H and O–H groups in total. The molecule has 0 radical (unpaired) electrons. The Morgan fingerprint density at radius 1 is 1.47 bits per heavy atom. The summed E-state index contributed by atoms with van der Waals surface area (Å²) in [5.74, 6) is 0.163. The number of aryl methyl sites for hydroxylation is 1. The van der Waals surface area contributed by atoms with Crippen LogP contribution in [0.15, 0.2) is 18.2 Å². The minimum Gasteiger partial charge on any atom is -0.395 e. The van der Waals surface area contributed by atoms with Crippen molar-refractivity contribution in [2.24, 2.45) is 5.73 Å². The molecule has 1 aromatic carbocycles. The number of benzene rings is 1. The molecular weight excluding hydrogens is 242 g/mol. The number of rotatable bonds is 4. The van der Waals surface area contributed by atoms with E-state index in [9.17, 15) is 4.79 Å². The molecule has 1 aliphatic rings. The molecule has 1 heterocycles. The number of nitrogens with two attached hydrogens (primary N) is 1. The highest BCUT2D eigenvalue weighted by molar-refractivity contribution is 5.96. The number of amides is 1. The Bertz CT molecular complexity index is 476. The second kappa shape index (κ2) is 5.59. The third-order valence-corrected chi connectivity index (χ3v) is 3.59. The number of aliphatic hydroxyl groups is 1. The summed E-state index contributed by atoms with van der Waals surface area (Å²) in [5, 5.41) is 8.99. The van der Waals surface area contributed by atoms with Gasteiger partial charge in [-0.15, -0.1) is 0 Å². The van der Waals surface area contributed by atoms with Gasteiger partial charge >= 0.3 is 0 Å². The van der Waals surface area contributed by atoms with Crippen LogP contribution >= 0.6 is 0 Å². The lowest BCUT2D eigenvalue weighted by atomic mass is 10.0. The molecule has 0 spiro atoms. The molecule has 0 aromatic heterocycles. The number of anilines is 2. The van der Waals surface area contributed by atoms with E-state index >= 15 is 0 Å². The van der Waals surface area contributed by atoms with Crippen LogP contribution in [0.4, 0.5) is 11.4 Å². The van der Waals surface area contributed by atoms with Crippen LogP contribution in [-0.4, -0.2) is 44.3 Å². The summed E-state index contributed by atoms with van der Waals surface area (Å²) in [4.78, 5) is 15.4. The predicted octanol–water partition coefficient (Wildman–Crippen LogP) is 0.351. The molecule has 2 rings (SSSR count). The number of aliphatic hydroxyl groups excluding tert-OH is 1. The van der Waals surface area contributed by atoms with E-state index < -0.39 is 0 Å². The Balaban J connectivity index is 2.19. The zero-order valence-corrected chi connectivity index (χ0v) is 11.5. The first-order valence-corrected chi connectivity index (χ1v) is 6.50. The number of carbonyl (C=O) groups excluding carboxylic acids is 1. The Morgan fingerprint density at radius 3 is 2.89 bits per heavy atom. The van der Waals surface area contributed by atoms with Crippen LogP contribution in [0.3, 0.4) is 0 Å². The van der Waals surface area contributed by atoms with Crippen molar-refractivity contribution in [2.75, 3.05) is 37.0 Å². The first-order chi connectivity index (χ1) is 9.02. The van der Waals surface area contributed by atoms with E-state index in [1.54, 1.807) is 4.90 Å². The third kappa shape index (κ3) is 2.88. The van der Waals surface area contributed by atoms with Crippen molar-refractivity contribution in [1.29, 1.82) is 0 Å². The van der Waals surface area contributed by atoms with Crippen molar-refractivity contribution in [2.45, 2.75) is 18.9 Å². The number of nitrogens with zero attached hydrogens (tertiary/aromatic N) is 2. The zero-order chi connectivity index (χ0) is 14.0. The summed E-state index contributed by atoms with van der Waals surface area (Å²) in [5.41, 5.74) is 8.98. The summed E-state index contributed by atoms with van der Waals surface area (Å²) < 4.78 is 0. The van der Waals surface area contributed by atoms with Crippen LogP contribution in [0.5, 0.6) is 0 Å². The lowest BCUT2D eigenvalue weighted by Gasteiger charge is -2.28. The largest absolute Gasteiger partial charge is 0.395 e. The minimum absolute atomic E-state index is 0.0213. The van der Waals surface area contributed by atoms with Crippen LogP contribution in [0, 0.1) is 0 Å². The molecule has 1 unspecified atom stereocenters. The lowest BCUT2D eigenvalue weighted by Crippen LogP contribution is -2.38. The molecule has 19 heavy (non-hydrogen) atoms. The third-order valence-electron chi connectivity index (χ3n) is 3.59. The summed E-state index contributed by atoms with van der Waals surface area (Å²) in [6.07, 6.45) is 1.35. The van der Waals surface area contributed by atoms with Crippen molar-refractivity contribution in [3.05, 3.63) is 23.8 Å². The van der Waals surface area contributed by atoms with Crippen LogP contribution in [-0.2, 0) is 11.2 Å². The molecule has 1 aliphatic heterocycles. The van der Waals surface area contributed by atoms with E-state index in [0.717, 1.165) is 17.8 Å². The average Bonchev–Trinajstić information content (AvgIpc) is 2.42. The van der Waals surface area contributed by atoms with Gasteiger partial charge in [-0.05, 0) is 30.2 Å². The van der Waals surface area contributed by atoms with E-state index in [1.807, 2.05) is 31.1 Å². The molecule has 0 saturated carbocycles. The van der Waals surface area contributed by atoms with Gasteiger partial charge in [0.2, 0.25) is 5.91 Å². The van der Waals surface area contributed by atoms with Crippen molar-refractivity contribution in [3.63, 3.8) is 0 Å². The fraction of sp³-hybridized carbons (Fsp3) is 0.500. The maximum Gasteiger partial charge on any atom is 0.227 e. The summed E-state index contributed by atoms with van der Waals surface area (Å²) in [6, 6.07) is 5.81. The minimum atomic E-state index is -0.245. The monoisotopic (exact) mass is 263 g/mol. The van der Waals surface area contributed by atoms with Gasteiger partial charge in [0, 0.05) is 44.5 Å². The average molecular weight is 263 g/mol. The SMILES string of the molecule is CN(CC(N)CO)c1ccc2c(c1)CCC(=O)N2C.